The van der Waals surface area contributed by atoms with Gasteiger partial charge in [-0.25, -0.2) is 8.42 Å². The molecule has 1 aliphatic heterocycles. The van der Waals surface area contributed by atoms with Crippen LogP contribution in [0.4, 0.5) is 0 Å². The molecule has 0 radical (unpaired) electrons. The second-order valence-corrected chi connectivity index (χ2v) is 9.91. The van der Waals surface area contributed by atoms with Crippen LogP contribution < -0.4 is 0 Å². The first-order valence-corrected chi connectivity index (χ1v) is 11.2. The molecule has 5 nitrogen and oxygen atoms in total. The molecular formula is C19H20BrClN2O3S. The maximum Gasteiger partial charge on any atom is 0.243 e. The smallest absolute Gasteiger partial charge is 0.243 e. The number of hydrogen-bond donors (Lipinski definition) is 0. The van der Waals surface area contributed by atoms with E-state index in [1.54, 1.807) is 17.0 Å². The van der Waals surface area contributed by atoms with Crippen molar-refractivity contribution in [1.82, 2.24) is 9.21 Å². The van der Waals surface area contributed by atoms with Gasteiger partial charge in [-0.1, -0.05) is 39.7 Å². The summed E-state index contributed by atoms with van der Waals surface area (Å²) in [6.07, 6.45) is 1.75. The van der Waals surface area contributed by atoms with Crippen molar-refractivity contribution in [2.45, 2.75) is 23.8 Å². The molecule has 1 aliphatic rings. The standard InChI is InChI=1S/C19H20BrClN2O3S/c1-22(27(25,26)17-10-6-15(20)7-11-17)13-19(24)23-12-2-3-18(23)14-4-8-16(21)9-5-14/h4-11,18H,2-3,12-13H2,1H3. The van der Waals surface area contributed by atoms with Gasteiger partial charge in [-0.15, -0.1) is 0 Å². The number of likely N-dealkylation sites (tertiary alicyclic amines) is 1. The molecule has 144 valence electrons. The van der Waals surface area contributed by atoms with Gasteiger partial charge in [-0.05, 0) is 54.8 Å². The number of benzene rings is 2. The maximum atomic E-state index is 12.8. The molecule has 27 heavy (non-hydrogen) atoms. The van der Waals surface area contributed by atoms with Gasteiger partial charge in [0.2, 0.25) is 15.9 Å². The van der Waals surface area contributed by atoms with Gasteiger partial charge in [0.05, 0.1) is 17.5 Å². The van der Waals surface area contributed by atoms with E-state index in [0.29, 0.717) is 11.6 Å². The Bertz CT molecular complexity index is 917. The van der Waals surface area contributed by atoms with Gasteiger partial charge in [0.1, 0.15) is 0 Å². The molecular weight excluding hydrogens is 452 g/mol. The zero-order valence-electron chi connectivity index (χ0n) is 14.8. The van der Waals surface area contributed by atoms with Crippen LogP contribution in [0.1, 0.15) is 24.4 Å². The van der Waals surface area contributed by atoms with Crippen molar-refractivity contribution in [3.63, 3.8) is 0 Å². The second-order valence-electron chi connectivity index (χ2n) is 6.51. The first-order chi connectivity index (χ1) is 12.8. The maximum absolute atomic E-state index is 12.8. The number of sulfonamides is 1. The molecule has 1 heterocycles. The molecule has 0 N–H and O–H groups in total. The third-order valence-corrected chi connectivity index (χ3v) is 7.31. The van der Waals surface area contributed by atoms with Gasteiger partial charge in [0.25, 0.3) is 0 Å². The molecule has 8 heteroatoms. The molecule has 3 rings (SSSR count). The van der Waals surface area contributed by atoms with Gasteiger partial charge in [-0.2, -0.15) is 4.31 Å². The Hall–Kier alpha value is -1.41. The van der Waals surface area contributed by atoms with Crippen molar-refractivity contribution < 1.29 is 13.2 Å². The van der Waals surface area contributed by atoms with E-state index in [2.05, 4.69) is 15.9 Å². The van der Waals surface area contributed by atoms with Gasteiger partial charge >= 0.3 is 0 Å². The van der Waals surface area contributed by atoms with Gasteiger partial charge in [0.15, 0.2) is 0 Å². The number of likely N-dealkylation sites (N-methyl/N-ethyl adjacent to an activating group) is 1. The summed E-state index contributed by atoms with van der Waals surface area (Å²) < 4.78 is 27.3. The normalized spacial score (nSPS) is 17.5. The summed E-state index contributed by atoms with van der Waals surface area (Å²) in [7, 11) is -2.29. The zero-order chi connectivity index (χ0) is 19.6. The number of amides is 1. The van der Waals surface area contributed by atoms with Crippen LogP contribution in [-0.4, -0.2) is 43.7 Å². The second kappa shape index (κ2) is 8.31. The molecule has 0 aromatic heterocycles. The van der Waals surface area contributed by atoms with Crippen molar-refractivity contribution in [3.05, 3.63) is 63.6 Å². The third-order valence-electron chi connectivity index (χ3n) is 4.71. The van der Waals surface area contributed by atoms with Gasteiger partial charge in [0, 0.05) is 23.1 Å². The van der Waals surface area contributed by atoms with Gasteiger partial charge in [-0.3, -0.25) is 4.79 Å². The minimum absolute atomic E-state index is 0.0430. The monoisotopic (exact) mass is 470 g/mol. The predicted molar refractivity (Wildman–Crippen MR) is 109 cm³/mol. The Labute approximate surface area is 173 Å². The lowest BCUT2D eigenvalue weighted by Crippen LogP contribution is -2.40. The Kier molecular flexibility index (Phi) is 6.25. The number of carbonyl (C=O) groups excluding carboxylic acids is 1. The Morgan fingerprint density at radius 3 is 2.44 bits per heavy atom. The molecule has 0 bridgehead atoms. The molecule has 0 aliphatic carbocycles. The Morgan fingerprint density at radius 1 is 1.19 bits per heavy atom. The van der Waals surface area contributed by atoms with Gasteiger partial charge < -0.3 is 4.90 Å². The molecule has 0 spiro atoms. The van der Waals surface area contributed by atoms with Crippen molar-refractivity contribution in [2.75, 3.05) is 20.1 Å². The summed E-state index contributed by atoms with van der Waals surface area (Å²) in [5, 5.41) is 0.648. The number of nitrogens with zero attached hydrogens (tertiary/aromatic N) is 2. The van der Waals surface area contributed by atoms with E-state index in [1.807, 2.05) is 24.3 Å². The molecule has 2 aromatic rings. The third kappa shape index (κ3) is 4.54. The lowest BCUT2D eigenvalue weighted by molar-refractivity contribution is -0.132. The Balaban J connectivity index is 1.73. The molecule has 1 atom stereocenters. The van der Waals surface area contributed by atoms with Crippen LogP contribution in [-0.2, 0) is 14.8 Å². The molecule has 1 amide bonds. The van der Waals surface area contributed by atoms with E-state index in [-0.39, 0.29) is 23.4 Å². The summed E-state index contributed by atoms with van der Waals surface area (Å²) in [6, 6.07) is 13.8. The predicted octanol–water partition coefficient (Wildman–Crippen LogP) is 4.09. The summed E-state index contributed by atoms with van der Waals surface area (Å²) in [6.45, 7) is 0.431. The highest BCUT2D eigenvalue weighted by Gasteiger charge is 2.32. The summed E-state index contributed by atoms with van der Waals surface area (Å²) in [4.78, 5) is 14.7. The van der Waals surface area contributed by atoms with Crippen LogP contribution in [0.15, 0.2) is 57.9 Å². The highest BCUT2D eigenvalue weighted by Crippen LogP contribution is 2.32. The highest BCUT2D eigenvalue weighted by atomic mass is 79.9. The fourth-order valence-corrected chi connectivity index (χ4v) is 4.76. The quantitative estimate of drug-likeness (QED) is 0.660. The number of halogens is 2. The lowest BCUT2D eigenvalue weighted by atomic mass is 10.0. The van der Waals surface area contributed by atoms with Crippen molar-refractivity contribution in [2.24, 2.45) is 0 Å². The average molecular weight is 472 g/mol. The fraction of sp³-hybridized carbons (Fsp3) is 0.316. The topological polar surface area (TPSA) is 57.7 Å². The van der Waals surface area contributed by atoms with Crippen LogP contribution in [0.2, 0.25) is 5.02 Å². The Morgan fingerprint density at radius 2 is 1.81 bits per heavy atom. The molecule has 0 saturated carbocycles. The van der Waals surface area contributed by atoms with E-state index < -0.39 is 10.0 Å². The minimum atomic E-state index is -3.72. The number of rotatable bonds is 5. The summed E-state index contributed by atoms with van der Waals surface area (Å²) in [5.41, 5.74) is 1.02. The van der Waals surface area contributed by atoms with E-state index in [1.165, 1.54) is 19.2 Å². The van der Waals surface area contributed by atoms with Crippen LogP contribution in [0.5, 0.6) is 0 Å². The van der Waals surface area contributed by atoms with Crippen molar-refractivity contribution >= 4 is 43.5 Å². The van der Waals surface area contributed by atoms with E-state index in [9.17, 15) is 13.2 Å². The molecule has 1 saturated heterocycles. The van der Waals surface area contributed by atoms with E-state index in [0.717, 1.165) is 27.2 Å². The SMILES string of the molecule is CN(CC(=O)N1CCCC1c1ccc(Cl)cc1)S(=O)(=O)c1ccc(Br)cc1. The van der Waals surface area contributed by atoms with E-state index >= 15 is 0 Å². The first-order valence-electron chi connectivity index (χ1n) is 8.56. The van der Waals surface area contributed by atoms with Crippen LogP contribution in [0, 0.1) is 0 Å². The first kappa shape index (κ1) is 20.3. The largest absolute Gasteiger partial charge is 0.335 e. The van der Waals surface area contributed by atoms with Crippen molar-refractivity contribution in [1.29, 1.82) is 0 Å². The molecule has 1 fully saturated rings. The number of hydrogen-bond acceptors (Lipinski definition) is 3. The zero-order valence-corrected chi connectivity index (χ0v) is 18.0. The fourth-order valence-electron chi connectivity index (χ4n) is 3.25. The van der Waals surface area contributed by atoms with Crippen molar-refractivity contribution in [3.8, 4) is 0 Å². The van der Waals surface area contributed by atoms with Crippen LogP contribution >= 0.6 is 27.5 Å². The minimum Gasteiger partial charge on any atom is -0.335 e. The van der Waals surface area contributed by atoms with Crippen LogP contribution in [0.3, 0.4) is 0 Å². The molecule has 2 aromatic carbocycles. The lowest BCUT2D eigenvalue weighted by Gasteiger charge is -2.27. The molecule has 1 unspecified atom stereocenters. The summed E-state index contributed by atoms with van der Waals surface area (Å²) in [5.74, 6) is -0.198. The summed E-state index contributed by atoms with van der Waals surface area (Å²) >= 11 is 9.24. The highest BCUT2D eigenvalue weighted by molar-refractivity contribution is 9.10. The van der Waals surface area contributed by atoms with Crippen LogP contribution in [0.25, 0.3) is 0 Å². The average Bonchev–Trinajstić information content (AvgIpc) is 3.12. The number of carbonyl (C=O) groups is 1. The van der Waals surface area contributed by atoms with E-state index in [4.69, 9.17) is 11.6 Å².